The first-order valence-electron chi connectivity index (χ1n) is 12.0. The third-order valence-corrected chi connectivity index (χ3v) is 8.64. The van der Waals surface area contributed by atoms with E-state index in [0.29, 0.717) is 30.1 Å². The summed E-state index contributed by atoms with van der Waals surface area (Å²) >= 11 is 0. The number of amides is 1. The molecule has 5 N–H and O–H groups in total. The lowest BCUT2D eigenvalue weighted by molar-refractivity contribution is -0.153. The number of hydrogen-bond acceptors (Lipinski definition) is 3. The molecule has 6 atom stereocenters. The van der Waals surface area contributed by atoms with Gasteiger partial charge in [0.1, 0.15) is 5.84 Å². The fourth-order valence-corrected chi connectivity index (χ4v) is 7.28. The van der Waals surface area contributed by atoms with Crippen LogP contribution in [0, 0.1) is 17.8 Å². The van der Waals surface area contributed by atoms with Crippen molar-refractivity contribution in [3.8, 4) is 0 Å². The molecule has 6 unspecified atom stereocenters. The van der Waals surface area contributed by atoms with Crippen LogP contribution in [0.1, 0.15) is 74.8 Å². The number of H-pyrrole nitrogens is 1. The zero-order valence-corrected chi connectivity index (χ0v) is 18.3. The van der Waals surface area contributed by atoms with Gasteiger partial charge in [-0.15, -0.1) is 0 Å². The minimum absolute atomic E-state index is 0.131. The SMILES string of the molecule is CC(CC(=O)N1C2CC3CC(C2)C(/C(N)=N/N)C1C3)c1c[nH]c2cccc(C3CC3)c12. The van der Waals surface area contributed by atoms with Gasteiger partial charge >= 0.3 is 0 Å². The number of aromatic nitrogens is 1. The van der Waals surface area contributed by atoms with Crippen molar-refractivity contribution in [2.24, 2.45) is 34.4 Å². The molecule has 2 aliphatic heterocycles. The number of nitrogens with two attached hydrogens (primary N) is 2. The number of carbonyl (C=O) groups excluding carboxylic acids is 1. The summed E-state index contributed by atoms with van der Waals surface area (Å²) in [4.78, 5) is 19.3. The second-order valence-electron chi connectivity index (χ2n) is 10.6. The van der Waals surface area contributed by atoms with Gasteiger partial charge in [0.15, 0.2) is 0 Å². The Bertz CT molecular complexity index is 1050. The lowest BCUT2D eigenvalue weighted by atomic mass is 9.58. The van der Waals surface area contributed by atoms with Crippen molar-refractivity contribution in [1.82, 2.24) is 9.88 Å². The van der Waals surface area contributed by atoms with Gasteiger partial charge in [-0.3, -0.25) is 4.79 Å². The Kier molecular flexibility index (Phi) is 4.34. The second kappa shape index (κ2) is 7.01. The van der Waals surface area contributed by atoms with Crippen molar-refractivity contribution in [2.45, 2.75) is 75.8 Å². The van der Waals surface area contributed by atoms with Crippen molar-refractivity contribution < 1.29 is 4.79 Å². The molecule has 6 heteroatoms. The predicted octanol–water partition coefficient (Wildman–Crippen LogP) is 3.79. The molecule has 3 aliphatic carbocycles. The maximum absolute atomic E-state index is 13.7. The molecule has 4 bridgehead atoms. The number of aromatic amines is 1. The van der Waals surface area contributed by atoms with Gasteiger partial charge in [0.2, 0.25) is 5.91 Å². The number of hydrazone groups is 1. The molecule has 31 heavy (non-hydrogen) atoms. The number of rotatable bonds is 5. The number of benzene rings is 1. The third-order valence-electron chi connectivity index (χ3n) is 8.64. The van der Waals surface area contributed by atoms with E-state index in [-0.39, 0.29) is 23.8 Å². The fourth-order valence-electron chi connectivity index (χ4n) is 7.28. The lowest BCUT2D eigenvalue weighted by Crippen LogP contribution is -2.66. The molecule has 2 saturated heterocycles. The van der Waals surface area contributed by atoms with E-state index >= 15 is 0 Å². The van der Waals surface area contributed by atoms with Crippen LogP contribution in [0.4, 0.5) is 0 Å². The summed E-state index contributed by atoms with van der Waals surface area (Å²) in [6, 6.07) is 7.12. The van der Waals surface area contributed by atoms with E-state index in [4.69, 9.17) is 11.6 Å². The number of nitrogens with zero attached hydrogens (tertiary/aromatic N) is 2. The molecule has 2 aromatic rings. The minimum atomic E-state index is 0.131. The summed E-state index contributed by atoms with van der Waals surface area (Å²) in [6.45, 7) is 2.20. The number of carbonyl (C=O) groups is 1. The Morgan fingerprint density at radius 1 is 1.26 bits per heavy atom. The molecule has 7 rings (SSSR count). The van der Waals surface area contributed by atoms with Crippen LogP contribution < -0.4 is 11.6 Å². The van der Waals surface area contributed by atoms with Gasteiger partial charge in [-0.05, 0) is 79.4 Å². The van der Waals surface area contributed by atoms with Gasteiger partial charge in [0.25, 0.3) is 0 Å². The highest BCUT2D eigenvalue weighted by Gasteiger charge is 2.55. The fraction of sp³-hybridized carbons (Fsp3) is 0.600. The summed E-state index contributed by atoms with van der Waals surface area (Å²) in [5, 5.41) is 5.20. The van der Waals surface area contributed by atoms with Gasteiger partial charge in [0, 0.05) is 41.5 Å². The van der Waals surface area contributed by atoms with Crippen LogP contribution in [0.2, 0.25) is 0 Å². The standard InChI is InChI=1S/C25H33N5O/c1-13(19-12-28-20-4-2-3-18(24(19)20)15-5-6-15)7-22(31)30-17-9-14-8-16(11-17)23(21(30)10-14)25(26)29-27/h2-4,12-17,21,23,28H,5-11,27H2,1H3,(H2,26,29). The van der Waals surface area contributed by atoms with Crippen molar-refractivity contribution in [1.29, 1.82) is 0 Å². The molecule has 5 aliphatic rings. The van der Waals surface area contributed by atoms with E-state index in [1.54, 1.807) is 0 Å². The normalized spacial score (nSPS) is 33.3. The van der Waals surface area contributed by atoms with E-state index < -0.39 is 0 Å². The predicted molar refractivity (Wildman–Crippen MR) is 122 cm³/mol. The van der Waals surface area contributed by atoms with Gasteiger partial charge in [-0.1, -0.05) is 19.1 Å². The van der Waals surface area contributed by atoms with Crippen LogP contribution in [0.15, 0.2) is 29.5 Å². The quantitative estimate of drug-likeness (QED) is 0.297. The summed E-state index contributed by atoms with van der Waals surface area (Å²) in [5.74, 6) is 8.64. The molecular weight excluding hydrogens is 386 g/mol. The van der Waals surface area contributed by atoms with Crippen molar-refractivity contribution in [3.63, 3.8) is 0 Å². The highest BCUT2D eigenvalue weighted by Crippen LogP contribution is 2.52. The second-order valence-corrected chi connectivity index (χ2v) is 10.6. The van der Waals surface area contributed by atoms with Crippen LogP contribution in [-0.2, 0) is 4.79 Å². The van der Waals surface area contributed by atoms with Crippen LogP contribution in [-0.4, -0.2) is 33.7 Å². The number of hydrogen-bond donors (Lipinski definition) is 3. The summed E-state index contributed by atoms with van der Waals surface area (Å²) in [5.41, 5.74) is 10.2. The Hall–Kier alpha value is -2.50. The van der Waals surface area contributed by atoms with E-state index in [1.807, 2.05) is 0 Å². The van der Waals surface area contributed by atoms with Gasteiger partial charge in [0.05, 0.1) is 0 Å². The first-order chi connectivity index (χ1) is 15.0. The van der Waals surface area contributed by atoms with Crippen LogP contribution >= 0.6 is 0 Å². The van der Waals surface area contributed by atoms with E-state index in [0.717, 1.165) is 25.2 Å². The van der Waals surface area contributed by atoms with E-state index in [2.05, 4.69) is 46.3 Å². The highest BCUT2D eigenvalue weighted by molar-refractivity contribution is 5.89. The molecule has 3 saturated carbocycles. The van der Waals surface area contributed by atoms with Gasteiger partial charge < -0.3 is 21.5 Å². The summed E-state index contributed by atoms with van der Waals surface area (Å²) < 4.78 is 0. The largest absolute Gasteiger partial charge is 0.385 e. The monoisotopic (exact) mass is 419 g/mol. The van der Waals surface area contributed by atoms with Crippen molar-refractivity contribution >= 4 is 22.6 Å². The number of fused-ring (bicyclic) bond motifs is 1. The maximum atomic E-state index is 13.7. The Morgan fingerprint density at radius 3 is 2.87 bits per heavy atom. The molecule has 1 aromatic carbocycles. The van der Waals surface area contributed by atoms with Crippen LogP contribution in [0.5, 0.6) is 0 Å². The zero-order valence-electron chi connectivity index (χ0n) is 18.3. The molecule has 5 fully saturated rings. The average Bonchev–Trinajstić information content (AvgIpc) is 3.50. The molecule has 1 aromatic heterocycles. The number of amidine groups is 1. The average molecular weight is 420 g/mol. The van der Waals surface area contributed by atoms with Gasteiger partial charge in [-0.2, -0.15) is 5.10 Å². The Labute approximate surface area is 183 Å². The highest BCUT2D eigenvalue weighted by atomic mass is 16.2. The topological polar surface area (TPSA) is 100 Å². The first-order valence-corrected chi connectivity index (χ1v) is 12.0. The van der Waals surface area contributed by atoms with Crippen molar-refractivity contribution in [2.75, 3.05) is 0 Å². The molecule has 164 valence electrons. The van der Waals surface area contributed by atoms with E-state index in [9.17, 15) is 4.79 Å². The summed E-state index contributed by atoms with van der Waals surface area (Å²) in [6.07, 6.45) is 9.69. The lowest BCUT2D eigenvalue weighted by Gasteiger charge is -2.60. The Balaban J connectivity index is 1.27. The maximum Gasteiger partial charge on any atom is 0.223 e. The molecule has 0 radical (unpaired) electrons. The minimum Gasteiger partial charge on any atom is -0.385 e. The molecule has 0 spiro atoms. The molecule has 6 nitrogen and oxygen atoms in total. The van der Waals surface area contributed by atoms with Crippen molar-refractivity contribution in [3.05, 3.63) is 35.5 Å². The van der Waals surface area contributed by atoms with Crippen LogP contribution in [0.3, 0.4) is 0 Å². The molecular formula is C25H33N5O. The number of nitrogens with one attached hydrogen (secondary N) is 1. The smallest absolute Gasteiger partial charge is 0.223 e. The zero-order chi connectivity index (χ0) is 21.3. The Morgan fingerprint density at radius 2 is 2.10 bits per heavy atom. The van der Waals surface area contributed by atoms with Crippen LogP contribution in [0.25, 0.3) is 10.9 Å². The first kappa shape index (κ1) is 19.2. The number of piperidine rings is 2. The summed E-state index contributed by atoms with van der Waals surface area (Å²) in [7, 11) is 0. The third kappa shape index (κ3) is 2.98. The van der Waals surface area contributed by atoms with E-state index in [1.165, 1.54) is 41.3 Å². The molecule has 3 heterocycles. The van der Waals surface area contributed by atoms with Gasteiger partial charge in [-0.25, -0.2) is 0 Å². The molecule has 1 amide bonds.